The molecule has 0 radical (unpaired) electrons. The smallest absolute Gasteiger partial charge is 0.258 e. The third-order valence-corrected chi connectivity index (χ3v) is 6.67. The van der Waals surface area contributed by atoms with Gasteiger partial charge in [-0.1, -0.05) is 56.3 Å². The topological polar surface area (TPSA) is 29.5 Å². The van der Waals surface area contributed by atoms with E-state index in [1.165, 1.54) is 25.7 Å². The zero-order chi connectivity index (χ0) is 16.0. The van der Waals surface area contributed by atoms with Gasteiger partial charge in [-0.15, -0.1) is 0 Å². The maximum absolute atomic E-state index is 12.7. The molecule has 0 bridgehead atoms. The number of nitrogens with zero attached hydrogens (tertiary/aromatic N) is 1. The van der Waals surface area contributed by atoms with E-state index in [-0.39, 0.29) is 11.5 Å². The van der Waals surface area contributed by atoms with E-state index in [0.29, 0.717) is 18.4 Å². The standard InChI is InChI=1S/C17H27Cl2NO2/c1-12-7-3-5-9-16(12)11-20(15(21)14(18)19)17(22-16)10-6-4-8-13(17)2/h12-14H,3-11H2,1-2H3. The third kappa shape index (κ3) is 2.57. The second-order valence-corrected chi connectivity index (χ2v) is 8.63. The Hall–Kier alpha value is 0.01000. The van der Waals surface area contributed by atoms with E-state index in [1.807, 2.05) is 4.90 Å². The van der Waals surface area contributed by atoms with Gasteiger partial charge in [-0.2, -0.15) is 0 Å². The fourth-order valence-corrected chi connectivity index (χ4v) is 5.08. The minimum absolute atomic E-state index is 0.174. The molecule has 1 saturated heterocycles. The van der Waals surface area contributed by atoms with Crippen molar-refractivity contribution in [2.24, 2.45) is 11.8 Å². The van der Waals surface area contributed by atoms with Crippen molar-refractivity contribution in [3.8, 4) is 0 Å². The fraction of sp³-hybridized carbons (Fsp3) is 0.941. The van der Waals surface area contributed by atoms with E-state index in [9.17, 15) is 4.79 Å². The Balaban J connectivity index is 1.96. The summed E-state index contributed by atoms with van der Waals surface area (Å²) in [7, 11) is 0. The van der Waals surface area contributed by atoms with Crippen molar-refractivity contribution in [3.63, 3.8) is 0 Å². The Morgan fingerprint density at radius 1 is 1.09 bits per heavy atom. The van der Waals surface area contributed by atoms with Crippen molar-refractivity contribution in [3.05, 3.63) is 0 Å². The van der Waals surface area contributed by atoms with Crippen molar-refractivity contribution >= 4 is 29.1 Å². The second kappa shape index (κ2) is 6.14. The molecule has 1 heterocycles. The van der Waals surface area contributed by atoms with Crippen LogP contribution in [-0.4, -0.2) is 33.5 Å². The summed E-state index contributed by atoms with van der Waals surface area (Å²) in [4.78, 5) is 13.6. The van der Waals surface area contributed by atoms with Crippen LogP contribution >= 0.6 is 23.2 Å². The van der Waals surface area contributed by atoms with E-state index in [1.54, 1.807) is 0 Å². The van der Waals surface area contributed by atoms with Gasteiger partial charge >= 0.3 is 0 Å². The number of carbonyl (C=O) groups excluding carboxylic acids is 1. The van der Waals surface area contributed by atoms with Crippen LogP contribution in [-0.2, 0) is 9.53 Å². The van der Waals surface area contributed by atoms with E-state index < -0.39 is 10.6 Å². The van der Waals surface area contributed by atoms with Crippen LogP contribution in [0.4, 0.5) is 0 Å². The van der Waals surface area contributed by atoms with Gasteiger partial charge in [-0.3, -0.25) is 4.79 Å². The van der Waals surface area contributed by atoms with Gasteiger partial charge in [0.05, 0.1) is 12.1 Å². The van der Waals surface area contributed by atoms with Crippen molar-refractivity contribution in [2.45, 2.75) is 81.4 Å². The molecule has 3 aliphatic rings. The zero-order valence-electron chi connectivity index (χ0n) is 13.6. The number of rotatable bonds is 1. The summed E-state index contributed by atoms with van der Waals surface area (Å²) in [6, 6.07) is 0. The SMILES string of the molecule is CC1CCCCC12CN(C(=O)C(Cl)Cl)C1(CCCCC1C)O2. The molecule has 4 atom stereocenters. The minimum atomic E-state index is -0.997. The number of alkyl halides is 2. The number of carbonyl (C=O) groups is 1. The lowest BCUT2D eigenvalue weighted by atomic mass is 9.76. The molecule has 4 unspecified atom stereocenters. The van der Waals surface area contributed by atoms with Gasteiger partial charge in [-0.25, -0.2) is 0 Å². The lowest BCUT2D eigenvalue weighted by molar-refractivity contribution is -0.205. The lowest BCUT2D eigenvalue weighted by Gasteiger charge is -2.46. The minimum Gasteiger partial charge on any atom is -0.347 e. The van der Waals surface area contributed by atoms with Gasteiger partial charge in [0.1, 0.15) is 5.72 Å². The van der Waals surface area contributed by atoms with Gasteiger partial charge in [-0.05, 0) is 38.0 Å². The first-order chi connectivity index (χ1) is 10.4. The molecule has 2 saturated carbocycles. The normalized spacial score (nSPS) is 42.5. The van der Waals surface area contributed by atoms with Crippen molar-refractivity contribution in [1.82, 2.24) is 4.90 Å². The molecule has 1 amide bonds. The van der Waals surface area contributed by atoms with E-state index in [4.69, 9.17) is 27.9 Å². The van der Waals surface area contributed by atoms with Crippen molar-refractivity contribution < 1.29 is 9.53 Å². The third-order valence-electron chi connectivity index (χ3n) is 6.29. The molecule has 5 heteroatoms. The van der Waals surface area contributed by atoms with Crippen LogP contribution in [0.25, 0.3) is 0 Å². The Bertz CT molecular complexity index is 444. The van der Waals surface area contributed by atoms with Gasteiger partial charge in [0.2, 0.25) is 0 Å². The highest BCUT2D eigenvalue weighted by atomic mass is 35.5. The summed E-state index contributed by atoms with van der Waals surface area (Å²) in [5.41, 5.74) is -0.675. The number of hydrogen-bond donors (Lipinski definition) is 0. The van der Waals surface area contributed by atoms with Crippen LogP contribution < -0.4 is 0 Å². The number of halogens is 2. The van der Waals surface area contributed by atoms with Gasteiger partial charge in [0, 0.05) is 5.92 Å². The molecule has 3 rings (SSSR count). The molecule has 3 nitrogen and oxygen atoms in total. The van der Waals surface area contributed by atoms with Crippen LogP contribution in [0.3, 0.4) is 0 Å². The highest BCUT2D eigenvalue weighted by molar-refractivity contribution is 6.53. The summed E-state index contributed by atoms with van der Waals surface area (Å²) in [6.45, 7) is 5.14. The van der Waals surface area contributed by atoms with Crippen LogP contribution in [0.2, 0.25) is 0 Å². The zero-order valence-corrected chi connectivity index (χ0v) is 15.1. The molecular formula is C17H27Cl2NO2. The van der Waals surface area contributed by atoms with Gasteiger partial charge in [0.25, 0.3) is 5.91 Å². The molecule has 2 aliphatic carbocycles. The highest BCUT2D eigenvalue weighted by Gasteiger charge is 2.61. The quantitative estimate of drug-likeness (QED) is 0.653. The number of amides is 1. The first kappa shape index (κ1) is 16.9. The monoisotopic (exact) mass is 347 g/mol. The van der Waals surface area contributed by atoms with Crippen molar-refractivity contribution in [2.75, 3.05) is 6.54 Å². The Morgan fingerprint density at radius 3 is 2.32 bits per heavy atom. The predicted molar refractivity (Wildman–Crippen MR) is 89.0 cm³/mol. The molecule has 0 N–H and O–H groups in total. The predicted octanol–water partition coefficient (Wildman–Crippen LogP) is 4.50. The molecular weight excluding hydrogens is 321 g/mol. The maximum atomic E-state index is 12.7. The van der Waals surface area contributed by atoms with E-state index in [0.717, 1.165) is 25.7 Å². The molecule has 0 aromatic carbocycles. The summed E-state index contributed by atoms with van der Waals surface area (Å²) in [5.74, 6) is 0.645. The summed E-state index contributed by atoms with van der Waals surface area (Å²) >= 11 is 11.9. The van der Waals surface area contributed by atoms with E-state index in [2.05, 4.69) is 13.8 Å². The Kier molecular flexibility index (Phi) is 4.70. The number of ether oxygens (including phenoxy) is 1. The maximum Gasteiger partial charge on any atom is 0.258 e. The Morgan fingerprint density at radius 2 is 1.73 bits per heavy atom. The summed E-state index contributed by atoms with van der Waals surface area (Å²) in [5, 5.41) is 0. The molecule has 2 spiro atoms. The molecule has 0 aromatic heterocycles. The van der Waals surface area contributed by atoms with Crippen LogP contribution in [0.15, 0.2) is 0 Å². The lowest BCUT2D eigenvalue weighted by Crippen LogP contribution is -2.55. The largest absolute Gasteiger partial charge is 0.347 e. The molecule has 0 aromatic rings. The Labute approximate surface area is 143 Å². The molecule has 3 fully saturated rings. The summed E-state index contributed by atoms with van der Waals surface area (Å²) < 4.78 is 6.81. The summed E-state index contributed by atoms with van der Waals surface area (Å²) in [6.07, 6.45) is 8.99. The first-order valence-electron chi connectivity index (χ1n) is 8.71. The van der Waals surface area contributed by atoms with Gasteiger partial charge in [0.15, 0.2) is 4.84 Å². The molecule has 1 aliphatic heterocycles. The van der Waals surface area contributed by atoms with Crippen LogP contribution in [0, 0.1) is 11.8 Å². The van der Waals surface area contributed by atoms with Crippen LogP contribution in [0.5, 0.6) is 0 Å². The first-order valence-corrected chi connectivity index (χ1v) is 9.58. The van der Waals surface area contributed by atoms with E-state index >= 15 is 0 Å². The molecule has 126 valence electrons. The van der Waals surface area contributed by atoms with Gasteiger partial charge < -0.3 is 9.64 Å². The second-order valence-electron chi connectivity index (χ2n) is 7.53. The number of hydrogen-bond acceptors (Lipinski definition) is 2. The van der Waals surface area contributed by atoms with Crippen LogP contribution in [0.1, 0.15) is 65.2 Å². The average molecular weight is 348 g/mol. The average Bonchev–Trinajstić information content (AvgIpc) is 2.81. The fourth-order valence-electron chi connectivity index (χ4n) is 4.85. The van der Waals surface area contributed by atoms with Crippen molar-refractivity contribution in [1.29, 1.82) is 0 Å². The molecule has 22 heavy (non-hydrogen) atoms. The highest BCUT2D eigenvalue weighted by Crippen LogP contribution is 2.53.